The van der Waals surface area contributed by atoms with Crippen molar-refractivity contribution < 1.29 is 4.79 Å². The van der Waals surface area contributed by atoms with Gasteiger partial charge in [0.2, 0.25) is 5.91 Å². The minimum absolute atomic E-state index is 0. The summed E-state index contributed by atoms with van der Waals surface area (Å²) in [5.41, 5.74) is 6.88. The molecule has 5 nitrogen and oxygen atoms in total. The van der Waals surface area contributed by atoms with Crippen molar-refractivity contribution in [2.75, 3.05) is 26.2 Å². The number of nitrogens with zero attached hydrogens (tertiary/aromatic N) is 2. The van der Waals surface area contributed by atoms with E-state index in [2.05, 4.69) is 29.3 Å². The van der Waals surface area contributed by atoms with Crippen LogP contribution in [0.1, 0.15) is 44.6 Å². The monoisotopic (exact) mass is 504 g/mol. The summed E-state index contributed by atoms with van der Waals surface area (Å²) in [6.45, 7) is 5.54. The van der Waals surface area contributed by atoms with Crippen LogP contribution in [-0.4, -0.2) is 42.9 Å². The normalized spacial score (nSPS) is 21.3. The molecule has 1 aromatic rings. The third kappa shape index (κ3) is 5.98. The third-order valence-corrected chi connectivity index (χ3v) is 5.74. The van der Waals surface area contributed by atoms with E-state index in [1.54, 1.807) is 0 Å². The van der Waals surface area contributed by atoms with E-state index in [1.807, 2.05) is 12.1 Å². The van der Waals surface area contributed by atoms with Gasteiger partial charge in [-0.05, 0) is 56.2 Å². The minimum Gasteiger partial charge on any atom is -0.370 e. The Hall–Kier alpha value is -1.02. The largest absolute Gasteiger partial charge is 0.370 e. The van der Waals surface area contributed by atoms with E-state index in [4.69, 9.17) is 22.3 Å². The highest BCUT2D eigenvalue weighted by atomic mass is 127. The summed E-state index contributed by atoms with van der Waals surface area (Å²) in [5, 5.41) is 4.20. The van der Waals surface area contributed by atoms with E-state index in [9.17, 15) is 4.79 Å². The summed E-state index contributed by atoms with van der Waals surface area (Å²) in [6, 6.07) is 8.18. The van der Waals surface area contributed by atoms with Gasteiger partial charge in [0.1, 0.15) is 0 Å². The fourth-order valence-corrected chi connectivity index (χ4v) is 3.98. The summed E-state index contributed by atoms with van der Waals surface area (Å²) in [5.74, 6) is 1.08. The van der Waals surface area contributed by atoms with Gasteiger partial charge in [-0.2, -0.15) is 0 Å². The number of hydrogen-bond acceptors (Lipinski definition) is 2. The summed E-state index contributed by atoms with van der Waals surface area (Å²) >= 11 is 6.02. The Balaban J connectivity index is 0.00000261. The molecule has 0 radical (unpaired) electrons. The number of hydrogen-bond donors (Lipinski definition) is 2. The van der Waals surface area contributed by atoms with Crippen LogP contribution in [0.15, 0.2) is 29.3 Å². The average molecular weight is 505 g/mol. The summed E-state index contributed by atoms with van der Waals surface area (Å²) < 4.78 is 0. The molecule has 1 amide bonds. The van der Waals surface area contributed by atoms with E-state index < -0.39 is 0 Å². The number of nitrogens with two attached hydrogens (primary N) is 1. The van der Waals surface area contributed by atoms with Gasteiger partial charge in [0.15, 0.2) is 5.96 Å². The van der Waals surface area contributed by atoms with Gasteiger partial charge in [-0.15, -0.1) is 24.0 Å². The summed E-state index contributed by atoms with van der Waals surface area (Å²) in [4.78, 5) is 18.5. The van der Waals surface area contributed by atoms with Gasteiger partial charge in [-0.1, -0.05) is 23.7 Å². The topological polar surface area (TPSA) is 70.7 Å². The van der Waals surface area contributed by atoms with Crippen molar-refractivity contribution in [2.24, 2.45) is 16.6 Å². The molecule has 1 saturated carbocycles. The van der Waals surface area contributed by atoms with Crippen LogP contribution in [0.5, 0.6) is 0 Å². The molecule has 1 heterocycles. The van der Waals surface area contributed by atoms with Crippen molar-refractivity contribution in [1.82, 2.24) is 10.2 Å². The SMILES string of the molecule is CCNC(=NCC1(c2ccc(Cl)cc2)CC1)N1CCCC(CC(N)=O)C1.I. The first kappa shape index (κ1) is 22.3. The molecule has 27 heavy (non-hydrogen) atoms. The maximum atomic E-state index is 11.3. The van der Waals surface area contributed by atoms with Crippen molar-refractivity contribution >= 4 is 47.4 Å². The highest BCUT2D eigenvalue weighted by Crippen LogP contribution is 2.48. The number of amides is 1. The zero-order chi connectivity index (χ0) is 18.6. The Bertz CT molecular complexity index is 660. The van der Waals surface area contributed by atoms with Crippen molar-refractivity contribution in [3.05, 3.63) is 34.9 Å². The molecule has 7 heteroatoms. The minimum atomic E-state index is -0.210. The molecule has 2 fully saturated rings. The van der Waals surface area contributed by atoms with Gasteiger partial charge in [-0.3, -0.25) is 9.79 Å². The van der Waals surface area contributed by atoms with Crippen molar-refractivity contribution in [2.45, 2.75) is 44.4 Å². The van der Waals surface area contributed by atoms with Crippen LogP contribution >= 0.6 is 35.6 Å². The molecule has 0 spiro atoms. The third-order valence-electron chi connectivity index (χ3n) is 5.48. The molecular formula is C20H30ClIN4O. The number of halogens is 2. The lowest BCUT2D eigenvalue weighted by Gasteiger charge is -2.35. The predicted molar refractivity (Wildman–Crippen MR) is 122 cm³/mol. The Kier molecular flexibility index (Phi) is 8.21. The first-order chi connectivity index (χ1) is 12.5. The Morgan fingerprint density at radius 2 is 2.07 bits per heavy atom. The second-order valence-electron chi connectivity index (χ2n) is 7.58. The Labute approximate surface area is 184 Å². The lowest BCUT2D eigenvalue weighted by atomic mass is 9.94. The van der Waals surface area contributed by atoms with Crippen LogP contribution in [0.3, 0.4) is 0 Å². The van der Waals surface area contributed by atoms with Crippen LogP contribution in [-0.2, 0) is 10.2 Å². The van der Waals surface area contributed by atoms with Gasteiger partial charge in [0.05, 0.1) is 6.54 Å². The number of nitrogens with one attached hydrogen (secondary N) is 1. The molecule has 1 atom stereocenters. The molecular weight excluding hydrogens is 475 g/mol. The van der Waals surface area contributed by atoms with E-state index in [-0.39, 0.29) is 35.3 Å². The number of carbonyl (C=O) groups is 1. The van der Waals surface area contributed by atoms with Crippen molar-refractivity contribution in [3.63, 3.8) is 0 Å². The van der Waals surface area contributed by atoms with E-state index in [0.29, 0.717) is 12.3 Å². The fraction of sp³-hybridized carbons (Fsp3) is 0.600. The molecule has 150 valence electrons. The number of aliphatic imine (C=N–C) groups is 1. The zero-order valence-corrected chi connectivity index (χ0v) is 19.0. The molecule has 2 aliphatic rings. The van der Waals surface area contributed by atoms with Crippen LogP contribution in [0, 0.1) is 5.92 Å². The predicted octanol–water partition coefficient (Wildman–Crippen LogP) is 3.54. The number of carbonyl (C=O) groups excluding carboxylic acids is 1. The Morgan fingerprint density at radius 3 is 2.67 bits per heavy atom. The molecule has 1 aliphatic carbocycles. The number of guanidine groups is 1. The second-order valence-corrected chi connectivity index (χ2v) is 8.02. The number of primary amides is 1. The van der Waals surface area contributed by atoms with E-state index >= 15 is 0 Å². The number of likely N-dealkylation sites (tertiary alicyclic amines) is 1. The first-order valence-electron chi connectivity index (χ1n) is 9.60. The van der Waals surface area contributed by atoms with Crippen molar-refractivity contribution in [3.8, 4) is 0 Å². The molecule has 3 rings (SSSR count). The molecule has 1 saturated heterocycles. The lowest BCUT2D eigenvalue weighted by Crippen LogP contribution is -2.47. The number of benzene rings is 1. The zero-order valence-electron chi connectivity index (χ0n) is 15.9. The smallest absolute Gasteiger partial charge is 0.217 e. The van der Waals surface area contributed by atoms with Crippen molar-refractivity contribution in [1.29, 1.82) is 0 Å². The standard InChI is InChI=1S/C20H29ClN4O.HI/c1-2-23-19(25-11-3-4-15(13-25)12-18(22)26)24-14-20(9-10-20)16-5-7-17(21)8-6-16;/h5-8,15H,2-4,9-14H2,1H3,(H2,22,26)(H,23,24);1H. The van der Waals surface area contributed by atoms with Gasteiger partial charge in [0, 0.05) is 36.5 Å². The molecule has 1 aliphatic heterocycles. The second kappa shape index (κ2) is 9.96. The maximum Gasteiger partial charge on any atom is 0.217 e. The van der Waals surface area contributed by atoms with E-state index in [0.717, 1.165) is 50.0 Å². The van der Waals surface area contributed by atoms with Gasteiger partial charge in [-0.25, -0.2) is 0 Å². The molecule has 1 unspecified atom stereocenters. The number of rotatable bonds is 6. The average Bonchev–Trinajstić information content (AvgIpc) is 3.40. The molecule has 0 bridgehead atoms. The van der Waals surface area contributed by atoms with Crippen LogP contribution < -0.4 is 11.1 Å². The van der Waals surface area contributed by atoms with Gasteiger partial charge >= 0.3 is 0 Å². The van der Waals surface area contributed by atoms with E-state index in [1.165, 1.54) is 18.4 Å². The Morgan fingerprint density at radius 1 is 1.37 bits per heavy atom. The fourth-order valence-electron chi connectivity index (χ4n) is 3.85. The molecule has 1 aromatic carbocycles. The maximum absolute atomic E-state index is 11.3. The highest BCUT2D eigenvalue weighted by Gasteiger charge is 2.44. The summed E-state index contributed by atoms with van der Waals surface area (Å²) in [7, 11) is 0. The lowest BCUT2D eigenvalue weighted by molar-refractivity contribution is -0.119. The quantitative estimate of drug-likeness (QED) is 0.354. The number of piperidine rings is 1. The first-order valence-corrected chi connectivity index (χ1v) is 9.98. The van der Waals surface area contributed by atoms with Gasteiger partial charge < -0.3 is 16.0 Å². The van der Waals surface area contributed by atoms with Crippen LogP contribution in [0.2, 0.25) is 5.02 Å². The highest BCUT2D eigenvalue weighted by molar-refractivity contribution is 14.0. The van der Waals surface area contributed by atoms with Gasteiger partial charge in [0.25, 0.3) is 0 Å². The summed E-state index contributed by atoms with van der Waals surface area (Å²) in [6.07, 6.45) is 4.94. The van der Waals surface area contributed by atoms with Crippen LogP contribution in [0.25, 0.3) is 0 Å². The van der Waals surface area contributed by atoms with Crippen LogP contribution in [0.4, 0.5) is 0 Å². The molecule has 0 aromatic heterocycles. The molecule has 3 N–H and O–H groups in total.